The number of carbonyl (C=O) groups is 1. The Morgan fingerprint density at radius 3 is 2.73 bits per heavy atom. The lowest BCUT2D eigenvalue weighted by Crippen LogP contribution is -2.32. The molecule has 3 heteroatoms. The highest BCUT2D eigenvalue weighted by molar-refractivity contribution is 5.86. The molecule has 1 saturated heterocycles. The molecule has 0 saturated carbocycles. The van der Waals surface area contributed by atoms with Gasteiger partial charge in [-0.1, -0.05) is 30.3 Å². The van der Waals surface area contributed by atoms with Crippen LogP contribution in [0.25, 0.3) is 0 Å². The standard InChI is InChI=1S/C12H14NO2/c14-12(11-7-4-8-13(11)15)9-10-5-2-1-3-6-10/h1-3,5-6,11H,4,7-9H2/q-1/t11-/m0/s1. The van der Waals surface area contributed by atoms with E-state index in [-0.39, 0.29) is 5.78 Å². The monoisotopic (exact) mass is 204 g/mol. The fourth-order valence-corrected chi connectivity index (χ4v) is 1.98. The van der Waals surface area contributed by atoms with Crippen molar-refractivity contribution in [1.29, 1.82) is 0 Å². The first kappa shape index (κ1) is 10.3. The van der Waals surface area contributed by atoms with Crippen LogP contribution in [0.15, 0.2) is 30.3 Å². The third-order valence-electron chi connectivity index (χ3n) is 2.80. The van der Waals surface area contributed by atoms with Gasteiger partial charge in [-0.2, -0.15) is 0 Å². The van der Waals surface area contributed by atoms with Crippen molar-refractivity contribution in [2.45, 2.75) is 25.3 Å². The van der Waals surface area contributed by atoms with Crippen LogP contribution in [0.5, 0.6) is 0 Å². The van der Waals surface area contributed by atoms with E-state index in [9.17, 15) is 10.0 Å². The maximum atomic E-state index is 11.8. The molecule has 3 nitrogen and oxygen atoms in total. The molecule has 1 aliphatic rings. The summed E-state index contributed by atoms with van der Waals surface area (Å²) in [6, 6.07) is 9.18. The minimum Gasteiger partial charge on any atom is -0.785 e. The summed E-state index contributed by atoms with van der Waals surface area (Å²) in [7, 11) is 0. The summed E-state index contributed by atoms with van der Waals surface area (Å²) in [4.78, 5) is 11.8. The highest BCUT2D eigenvalue weighted by Crippen LogP contribution is 2.17. The van der Waals surface area contributed by atoms with Crippen molar-refractivity contribution < 1.29 is 4.79 Å². The van der Waals surface area contributed by atoms with Gasteiger partial charge in [0.2, 0.25) is 0 Å². The van der Waals surface area contributed by atoms with Crippen LogP contribution >= 0.6 is 0 Å². The summed E-state index contributed by atoms with van der Waals surface area (Å²) >= 11 is 0. The fraction of sp³-hybridized carbons (Fsp3) is 0.417. The number of hydrogen-bond donors (Lipinski definition) is 0. The number of benzene rings is 1. The normalized spacial score (nSPS) is 21.8. The zero-order valence-electron chi connectivity index (χ0n) is 8.56. The van der Waals surface area contributed by atoms with Gasteiger partial charge in [0.1, 0.15) is 0 Å². The molecule has 0 aromatic heterocycles. The van der Waals surface area contributed by atoms with Gasteiger partial charge in [0, 0.05) is 6.42 Å². The van der Waals surface area contributed by atoms with E-state index in [1.807, 2.05) is 30.3 Å². The Labute approximate surface area is 89.3 Å². The van der Waals surface area contributed by atoms with E-state index in [1.165, 1.54) is 0 Å². The average molecular weight is 204 g/mol. The maximum Gasteiger partial charge on any atom is 0.153 e. The van der Waals surface area contributed by atoms with Crippen LogP contribution in [0, 0.1) is 5.21 Å². The first-order valence-electron chi connectivity index (χ1n) is 5.28. The van der Waals surface area contributed by atoms with Crippen molar-refractivity contribution in [2.24, 2.45) is 0 Å². The Morgan fingerprint density at radius 1 is 1.40 bits per heavy atom. The van der Waals surface area contributed by atoms with Crippen molar-refractivity contribution in [3.8, 4) is 0 Å². The van der Waals surface area contributed by atoms with Crippen LogP contribution in [0.2, 0.25) is 0 Å². The number of nitrogens with zero attached hydrogens (tertiary/aromatic N) is 1. The molecule has 0 spiro atoms. The number of hydroxylamine groups is 2. The summed E-state index contributed by atoms with van der Waals surface area (Å²) in [5.74, 6) is 0.0497. The van der Waals surface area contributed by atoms with E-state index < -0.39 is 6.04 Å². The highest BCUT2D eigenvalue weighted by Gasteiger charge is 2.24. The van der Waals surface area contributed by atoms with Gasteiger partial charge in [0.25, 0.3) is 0 Å². The van der Waals surface area contributed by atoms with Crippen LogP contribution in [0.4, 0.5) is 0 Å². The number of hydrogen-bond acceptors (Lipinski definition) is 3. The molecular formula is C12H14NO2-. The minimum absolute atomic E-state index is 0.0497. The average Bonchev–Trinajstić information content (AvgIpc) is 2.66. The Hall–Kier alpha value is -1.19. The Kier molecular flexibility index (Phi) is 3.14. The maximum absolute atomic E-state index is 11.8. The quantitative estimate of drug-likeness (QED) is 0.753. The lowest BCUT2D eigenvalue weighted by molar-refractivity contribution is -0.121. The summed E-state index contributed by atoms with van der Waals surface area (Å²) in [6.07, 6.45) is 1.94. The van der Waals surface area contributed by atoms with Gasteiger partial charge in [0.15, 0.2) is 5.78 Å². The topological polar surface area (TPSA) is 43.4 Å². The molecule has 1 aromatic carbocycles. The molecule has 0 aliphatic carbocycles. The van der Waals surface area contributed by atoms with E-state index in [2.05, 4.69) is 0 Å². The minimum atomic E-state index is -0.398. The Morgan fingerprint density at radius 2 is 2.13 bits per heavy atom. The smallest absolute Gasteiger partial charge is 0.153 e. The van der Waals surface area contributed by atoms with Crippen molar-refractivity contribution >= 4 is 5.78 Å². The highest BCUT2D eigenvalue weighted by atomic mass is 16.5. The van der Waals surface area contributed by atoms with Gasteiger partial charge in [-0.05, 0) is 24.9 Å². The summed E-state index contributed by atoms with van der Waals surface area (Å²) in [5.41, 5.74) is 0.989. The molecule has 0 bridgehead atoms. The zero-order valence-corrected chi connectivity index (χ0v) is 8.56. The number of Topliss-reactive ketones (excluding diaryl/α,β-unsaturated/α-hetero) is 1. The lowest BCUT2D eigenvalue weighted by Gasteiger charge is -2.28. The molecule has 0 amide bonds. The van der Waals surface area contributed by atoms with E-state index in [0.717, 1.165) is 23.5 Å². The van der Waals surface area contributed by atoms with E-state index in [0.29, 0.717) is 13.0 Å². The van der Waals surface area contributed by atoms with Crippen LogP contribution in [0.3, 0.4) is 0 Å². The largest absolute Gasteiger partial charge is 0.785 e. The van der Waals surface area contributed by atoms with Crippen LogP contribution in [0.1, 0.15) is 18.4 Å². The number of rotatable bonds is 3. The predicted octanol–water partition coefficient (Wildman–Crippen LogP) is 1.76. The second kappa shape index (κ2) is 4.55. The van der Waals surface area contributed by atoms with Gasteiger partial charge < -0.3 is 10.3 Å². The molecule has 80 valence electrons. The summed E-state index contributed by atoms with van der Waals surface area (Å²) < 4.78 is 0. The summed E-state index contributed by atoms with van der Waals surface area (Å²) in [5, 5.41) is 12.2. The van der Waals surface area contributed by atoms with Crippen LogP contribution in [-0.2, 0) is 11.2 Å². The second-order valence-corrected chi connectivity index (χ2v) is 3.93. The second-order valence-electron chi connectivity index (χ2n) is 3.93. The van der Waals surface area contributed by atoms with Crippen LogP contribution < -0.4 is 0 Å². The van der Waals surface area contributed by atoms with E-state index >= 15 is 0 Å². The van der Waals surface area contributed by atoms with E-state index in [1.54, 1.807) is 0 Å². The molecule has 1 atom stereocenters. The first-order valence-corrected chi connectivity index (χ1v) is 5.28. The molecule has 1 heterocycles. The fourth-order valence-electron chi connectivity index (χ4n) is 1.98. The molecular weight excluding hydrogens is 190 g/mol. The third kappa shape index (κ3) is 2.43. The van der Waals surface area contributed by atoms with Gasteiger partial charge >= 0.3 is 0 Å². The van der Waals surface area contributed by atoms with Crippen molar-refractivity contribution in [3.05, 3.63) is 41.1 Å². The molecule has 0 radical (unpaired) electrons. The molecule has 15 heavy (non-hydrogen) atoms. The molecule has 1 aliphatic heterocycles. The Balaban J connectivity index is 1.98. The molecule has 2 rings (SSSR count). The van der Waals surface area contributed by atoms with Crippen molar-refractivity contribution in [1.82, 2.24) is 5.06 Å². The first-order chi connectivity index (χ1) is 7.27. The van der Waals surface area contributed by atoms with Crippen LogP contribution in [-0.4, -0.2) is 23.4 Å². The van der Waals surface area contributed by atoms with Gasteiger partial charge in [-0.15, -0.1) is 0 Å². The molecule has 0 N–H and O–H groups in total. The van der Waals surface area contributed by atoms with Crippen molar-refractivity contribution in [2.75, 3.05) is 6.54 Å². The molecule has 1 aromatic rings. The molecule has 0 unspecified atom stereocenters. The lowest BCUT2D eigenvalue weighted by atomic mass is 10.0. The van der Waals surface area contributed by atoms with E-state index in [4.69, 9.17) is 0 Å². The number of ketones is 1. The van der Waals surface area contributed by atoms with Crippen molar-refractivity contribution in [3.63, 3.8) is 0 Å². The SMILES string of the molecule is O=C(Cc1ccccc1)[C@@H]1CCCN1[O-]. The molecule has 1 fully saturated rings. The van der Waals surface area contributed by atoms with Gasteiger partial charge in [-0.3, -0.25) is 4.79 Å². The third-order valence-corrected chi connectivity index (χ3v) is 2.80. The summed E-state index contributed by atoms with van der Waals surface area (Å²) in [6.45, 7) is 0.505. The number of carbonyl (C=O) groups excluding carboxylic acids is 1. The van der Waals surface area contributed by atoms with Gasteiger partial charge in [0.05, 0.1) is 6.04 Å². The van der Waals surface area contributed by atoms with Gasteiger partial charge in [-0.25, -0.2) is 0 Å². The Bertz CT molecular complexity index is 337. The predicted molar refractivity (Wildman–Crippen MR) is 58.2 cm³/mol. The zero-order chi connectivity index (χ0) is 10.7.